The van der Waals surface area contributed by atoms with Gasteiger partial charge in [0.15, 0.2) is 0 Å². The van der Waals surface area contributed by atoms with Crippen LogP contribution in [0.5, 0.6) is 0 Å². The molecule has 0 aromatic rings. The summed E-state index contributed by atoms with van der Waals surface area (Å²) in [4.78, 5) is 21.5. The van der Waals surface area contributed by atoms with Crippen molar-refractivity contribution in [1.29, 1.82) is 0 Å². The molecule has 3 nitrogen and oxygen atoms in total. The van der Waals surface area contributed by atoms with Gasteiger partial charge in [-0.3, -0.25) is 9.59 Å². The van der Waals surface area contributed by atoms with E-state index in [2.05, 4.69) is 6.92 Å². The van der Waals surface area contributed by atoms with Crippen LogP contribution in [0.3, 0.4) is 0 Å². The number of Topliss-reactive ketones (excluding diaryl/α,β-unsaturated/α-hetero) is 1. The summed E-state index contributed by atoms with van der Waals surface area (Å²) in [6.07, 6.45) is 7.25. The second-order valence-corrected chi connectivity index (χ2v) is 4.95. The number of carbonyl (C=O) groups excluding carboxylic acids is 1. The van der Waals surface area contributed by atoms with Gasteiger partial charge in [0.25, 0.3) is 0 Å². The summed E-state index contributed by atoms with van der Waals surface area (Å²) in [6, 6.07) is 0. The lowest BCUT2D eigenvalue weighted by molar-refractivity contribution is -0.137. The Hall–Kier alpha value is -0.860. The van der Waals surface area contributed by atoms with Gasteiger partial charge in [-0.25, -0.2) is 0 Å². The molecule has 0 heterocycles. The highest BCUT2D eigenvalue weighted by Crippen LogP contribution is 2.34. The zero-order chi connectivity index (χ0) is 12.0. The van der Waals surface area contributed by atoms with Crippen LogP contribution in [0, 0.1) is 11.8 Å². The maximum Gasteiger partial charge on any atom is 0.303 e. The van der Waals surface area contributed by atoms with Crippen molar-refractivity contribution in [2.45, 2.75) is 58.3 Å². The van der Waals surface area contributed by atoms with Crippen LogP contribution in [0.1, 0.15) is 58.3 Å². The standard InChI is InChI=1S/C13H22O3/c1-10-9-12(14)11(10)7-5-3-2-4-6-8-13(15)16/h10-11H,2-9H2,1H3,(H,15,16)/t10-,11-/m0/s1. The highest BCUT2D eigenvalue weighted by Gasteiger charge is 2.34. The van der Waals surface area contributed by atoms with E-state index in [4.69, 9.17) is 5.11 Å². The van der Waals surface area contributed by atoms with Gasteiger partial charge in [-0.2, -0.15) is 0 Å². The Kier molecular flexibility index (Phi) is 5.50. The number of hydrogen-bond donors (Lipinski definition) is 1. The molecule has 0 radical (unpaired) electrons. The fraction of sp³-hybridized carbons (Fsp3) is 0.846. The second-order valence-electron chi connectivity index (χ2n) is 4.95. The first-order chi connectivity index (χ1) is 7.61. The average molecular weight is 226 g/mol. The third kappa shape index (κ3) is 4.33. The van der Waals surface area contributed by atoms with Gasteiger partial charge >= 0.3 is 5.97 Å². The minimum Gasteiger partial charge on any atom is -0.481 e. The van der Waals surface area contributed by atoms with Crippen LogP contribution in [0.4, 0.5) is 0 Å². The van der Waals surface area contributed by atoms with Gasteiger partial charge in [0.05, 0.1) is 0 Å². The SMILES string of the molecule is C[C@H]1CC(=O)[C@H]1CCCCCCCC(=O)O. The van der Waals surface area contributed by atoms with Crippen LogP contribution in [0.25, 0.3) is 0 Å². The van der Waals surface area contributed by atoms with Crippen molar-refractivity contribution in [1.82, 2.24) is 0 Å². The van der Waals surface area contributed by atoms with E-state index in [0.717, 1.165) is 44.9 Å². The van der Waals surface area contributed by atoms with Crippen molar-refractivity contribution in [3.63, 3.8) is 0 Å². The zero-order valence-electron chi connectivity index (χ0n) is 10.1. The molecule has 0 aromatic heterocycles. The van der Waals surface area contributed by atoms with E-state index in [1.54, 1.807) is 0 Å². The van der Waals surface area contributed by atoms with Crippen molar-refractivity contribution < 1.29 is 14.7 Å². The summed E-state index contributed by atoms with van der Waals surface area (Å²) in [6.45, 7) is 2.15. The predicted molar refractivity (Wildman–Crippen MR) is 62.2 cm³/mol. The Balaban J connectivity index is 1.88. The minimum atomic E-state index is -0.700. The van der Waals surface area contributed by atoms with Crippen molar-refractivity contribution in [2.24, 2.45) is 11.8 Å². The Morgan fingerprint density at radius 3 is 2.44 bits per heavy atom. The molecule has 2 atom stereocenters. The van der Waals surface area contributed by atoms with Crippen LogP contribution in [-0.2, 0) is 9.59 Å². The molecule has 1 N–H and O–H groups in total. The number of carboxylic acids is 1. The van der Waals surface area contributed by atoms with Gasteiger partial charge < -0.3 is 5.11 Å². The molecule has 16 heavy (non-hydrogen) atoms. The van der Waals surface area contributed by atoms with Crippen molar-refractivity contribution >= 4 is 11.8 Å². The fourth-order valence-electron chi connectivity index (χ4n) is 2.38. The molecule has 3 heteroatoms. The molecule has 0 aliphatic heterocycles. The topological polar surface area (TPSA) is 54.4 Å². The van der Waals surface area contributed by atoms with Gasteiger partial charge in [-0.15, -0.1) is 0 Å². The van der Waals surface area contributed by atoms with E-state index in [1.807, 2.05) is 0 Å². The van der Waals surface area contributed by atoms with Crippen LogP contribution < -0.4 is 0 Å². The summed E-state index contributed by atoms with van der Waals surface area (Å²) < 4.78 is 0. The molecule has 1 fully saturated rings. The van der Waals surface area contributed by atoms with E-state index in [-0.39, 0.29) is 6.42 Å². The summed E-state index contributed by atoms with van der Waals surface area (Å²) in [5.41, 5.74) is 0. The lowest BCUT2D eigenvalue weighted by atomic mass is 9.71. The van der Waals surface area contributed by atoms with Crippen LogP contribution in [0.2, 0.25) is 0 Å². The average Bonchev–Trinajstić information content (AvgIpc) is 2.21. The molecule has 92 valence electrons. The molecule has 0 unspecified atom stereocenters. The van der Waals surface area contributed by atoms with Crippen molar-refractivity contribution in [3.05, 3.63) is 0 Å². The first-order valence-corrected chi connectivity index (χ1v) is 6.35. The zero-order valence-corrected chi connectivity index (χ0v) is 10.1. The third-order valence-corrected chi connectivity index (χ3v) is 3.53. The quantitative estimate of drug-likeness (QED) is 0.647. The number of rotatable bonds is 8. The first kappa shape index (κ1) is 13.2. The summed E-state index contributed by atoms with van der Waals surface area (Å²) >= 11 is 0. The van der Waals surface area contributed by atoms with Gasteiger partial charge in [0, 0.05) is 18.8 Å². The molecule has 1 aliphatic carbocycles. The third-order valence-electron chi connectivity index (χ3n) is 3.53. The van der Waals surface area contributed by atoms with E-state index in [1.165, 1.54) is 0 Å². The van der Waals surface area contributed by atoms with Gasteiger partial charge in [0.1, 0.15) is 5.78 Å². The van der Waals surface area contributed by atoms with E-state index < -0.39 is 5.97 Å². The number of carboxylic acid groups (broad SMARTS) is 1. The number of hydrogen-bond acceptors (Lipinski definition) is 2. The maximum atomic E-state index is 11.2. The number of carbonyl (C=O) groups is 2. The number of unbranched alkanes of at least 4 members (excludes halogenated alkanes) is 4. The molecule has 1 saturated carbocycles. The van der Waals surface area contributed by atoms with Crippen molar-refractivity contribution in [3.8, 4) is 0 Å². The summed E-state index contributed by atoms with van der Waals surface area (Å²) in [7, 11) is 0. The number of aliphatic carboxylic acids is 1. The Morgan fingerprint density at radius 1 is 1.25 bits per heavy atom. The van der Waals surface area contributed by atoms with Crippen LogP contribution >= 0.6 is 0 Å². The first-order valence-electron chi connectivity index (χ1n) is 6.35. The normalized spacial score (nSPS) is 24.2. The second kappa shape index (κ2) is 6.66. The van der Waals surface area contributed by atoms with E-state index in [0.29, 0.717) is 17.6 Å². The van der Waals surface area contributed by atoms with Crippen molar-refractivity contribution in [2.75, 3.05) is 0 Å². The predicted octanol–water partition coefficient (Wildman–Crippen LogP) is 3.03. The molecule has 0 spiro atoms. The summed E-state index contributed by atoms with van der Waals surface area (Å²) in [5, 5.41) is 8.45. The Bertz CT molecular complexity index is 248. The largest absolute Gasteiger partial charge is 0.481 e. The van der Waals surface area contributed by atoms with Gasteiger partial charge in [-0.05, 0) is 18.8 Å². The molecule has 0 bridgehead atoms. The number of ketones is 1. The molecule has 0 aromatic carbocycles. The van der Waals surface area contributed by atoms with E-state index in [9.17, 15) is 9.59 Å². The Labute approximate surface area is 97.2 Å². The fourth-order valence-corrected chi connectivity index (χ4v) is 2.38. The lowest BCUT2D eigenvalue weighted by Crippen LogP contribution is -2.34. The smallest absolute Gasteiger partial charge is 0.303 e. The molecular formula is C13H22O3. The Morgan fingerprint density at radius 2 is 1.88 bits per heavy atom. The lowest BCUT2D eigenvalue weighted by Gasteiger charge is -2.32. The maximum absolute atomic E-state index is 11.2. The molecular weight excluding hydrogens is 204 g/mol. The van der Waals surface area contributed by atoms with E-state index >= 15 is 0 Å². The minimum absolute atomic E-state index is 0.290. The van der Waals surface area contributed by atoms with Crippen LogP contribution in [-0.4, -0.2) is 16.9 Å². The highest BCUT2D eigenvalue weighted by molar-refractivity contribution is 5.87. The summed E-state index contributed by atoms with van der Waals surface area (Å²) in [5.74, 6) is 0.672. The van der Waals surface area contributed by atoms with Gasteiger partial charge in [-0.1, -0.05) is 32.6 Å². The highest BCUT2D eigenvalue weighted by atomic mass is 16.4. The molecule has 0 amide bonds. The van der Waals surface area contributed by atoms with Crippen LogP contribution in [0.15, 0.2) is 0 Å². The molecule has 1 aliphatic rings. The molecule has 1 rings (SSSR count). The molecule has 0 saturated heterocycles. The monoisotopic (exact) mass is 226 g/mol. The van der Waals surface area contributed by atoms with Gasteiger partial charge in [0.2, 0.25) is 0 Å².